The predicted octanol–water partition coefficient (Wildman–Crippen LogP) is 1.90. The molecule has 9 heteroatoms. The highest BCUT2D eigenvalue weighted by atomic mass is 127. The van der Waals surface area contributed by atoms with Crippen LogP contribution in [0.4, 0.5) is 0 Å². The molecule has 0 amide bonds. The van der Waals surface area contributed by atoms with Crippen LogP contribution in [0.3, 0.4) is 0 Å². The predicted molar refractivity (Wildman–Crippen MR) is 115 cm³/mol. The van der Waals surface area contributed by atoms with Crippen molar-refractivity contribution in [3.8, 4) is 0 Å². The second kappa shape index (κ2) is 9.14. The van der Waals surface area contributed by atoms with Crippen LogP contribution in [0.25, 0.3) is 0 Å². The minimum atomic E-state index is -0.912. The van der Waals surface area contributed by atoms with Crippen LogP contribution in [-0.4, -0.2) is 46.0 Å². The summed E-state index contributed by atoms with van der Waals surface area (Å²) in [4.78, 5) is 5.21. The average molecular weight is 490 g/mol. The molecule has 3 N–H and O–H groups in total. The fraction of sp³-hybridized carbons (Fsp3) is 0.588. The maximum Gasteiger partial charge on any atom is 0.191 e. The van der Waals surface area contributed by atoms with Crippen molar-refractivity contribution in [2.45, 2.75) is 38.8 Å². The molecule has 1 aliphatic rings. The molecule has 0 aromatic carbocycles. The zero-order valence-electron chi connectivity index (χ0n) is 15.4. The first-order valence-corrected chi connectivity index (χ1v) is 9.47. The molecule has 2 aromatic rings. The van der Waals surface area contributed by atoms with Gasteiger partial charge in [0, 0.05) is 31.4 Å². The van der Waals surface area contributed by atoms with Crippen LogP contribution < -0.4 is 10.6 Å². The molecule has 2 aromatic heterocycles. The van der Waals surface area contributed by atoms with Crippen LogP contribution in [0.1, 0.15) is 29.9 Å². The molecule has 2 atom stereocenters. The normalized spacial score (nSPS) is 19.2. The number of aromatic nitrogens is 3. The molecule has 0 saturated carbocycles. The van der Waals surface area contributed by atoms with Gasteiger partial charge in [0.05, 0.1) is 6.54 Å². The van der Waals surface area contributed by atoms with E-state index in [-0.39, 0.29) is 24.0 Å². The van der Waals surface area contributed by atoms with Crippen molar-refractivity contribution >= 4 is 41.3 Å². The summed E-state index contributed by atoms with van der Waals surface area (Å²) in [5.41, 5.74) is -0.912. The highest BCUT2D eigenvalue weighted by Crippen LogP contribution is 2.24. The van der Waals surface area contributed by atoms with Crippen LogP contribution in [0.5, 0.6) is 0 Å². The second-order valence-corrected chi connectivity index (χ2v) is 7.68. The number of nitrogens with zero attached hydrogens (tertiary/aromatic N) is 4. The Kier molecular flexibility index (Phi) is 7.42. The van der Waals surface area contributed by atoms with Gasteiger partial charge >= 0.3 is 0 Å². The minimum absolute atomic E-state index is 0. The lowest BCUT2D eigenvalue weighted by Gasteiger charge is -2.26. The van der Waals surface area contributed by atoms with Gasteiger partial charge in [-0.2, -0.15) is 0 Å². The maximum atomic E-state index is 10.6. The summed E-state index contributed by atoms with van der Waals surface area (Å²) in [6, 6.07) is 3.90. The smallest absolute Gasteiger partial charge is 0.191 e. The number of fused-ring (bicyclic) bond motifs is 1. The number of hydrogen-bond acceptors (Lipinski definition) is 5. The lowest BCUT2D eigenvalue weighted by molar-refractivity contribution is 0.0655. The molecule has 0 fully saturated rings. The van der Waals surface area contributed by atoms with E-state index in [1.165, 1.54) is 0 Å². The second-order valence-electron chi connectivity index (χ2n) is 6.74. The Bertz CT molecular complexity index is 728. The summed E-state index contributed by atoms with van der Waals surface area (Å²) in [5, 5.41) is 27.5. The van der Waals surface area contributed by atoms with Crippen molar-refractivity contribution in [3.63, 3.8) is 0 Å². The van der Waals surface area contributed by atoms with Crippen LogP contribution in [0.15, 0.2) is 22.5 Å². The van der Waals surface area contributed by atoms with Gasteiger partial charge in [0.25, 0.3) is 0 Å². The lowest BCUT2D eigenvalue weighted by Crippen LogP contribution is -2.46. The van der Waals surface area contributed by atoms with Gasteiger partial charge in [0.15, 0.2) is 5.96 Å². The van der Waals surface area contributed by atoms with Crippen molar-refractivity contribution in [2.75, 3.05) is 20.1 Å². The number of aliphatic imine (C=N–C) groups is 1. The number of halogens is 1. The van der Waals surface area contributed by atoms with E-state index in [0.717, 1.165) is 42.5 Å². The Hall–Kier alpha value is -1.20. The molecule has 26 heavy (non-hydrogen) atoms. The summed E-state index contributed by atoms with van der Waals surface area (Å²) in [6.07, 6.45) is 2.06. The molecule has 1 aliphatic heterocycles. The van der Waals surface area contributed by atoms with Gasteiger partial charge in [0.1, 0.15) is 17.2 Å². The molecule has 0 radical (unpaired) electrons. The fourth-order valence-corrected chi connectivity index (χ4v) is 3.87. The third-order valence-corrected chi connectivity index (χ3v) is 5.79. The molecule has 0 saturated heterocycles. The van der Waals surface area contributed by atoms with Crippen LogP contribution in [0.2, 0.25) is 0 Å². The van der Waals surface area contributed by atoms with Gasteiger partial charge in [-0.3, -0.25) is 4.99 Å². The Morgan fingerprint density at radius 3 is 2.96 bits per heavy atom. The van der Waals surface area contributed by atoms with Crippen molar-refractivity contribution in [1.29, 1.82) is 0 Å². The summed E-state index contributed by atoms with van der Waals surface area (Å²) in [6.45, 7) is 5.99. The zero-order valence-corrected chi connectivity index (χ0v) is 18.5. The first kappa shape index (κ1) is 21.1. The number of hydrogen-bond donors (Lipinski definition) is 3. The monoisotopic (exact) mass is 490 g/mol. The third kappa shape index (κ3) is 4.95. The molecular weight excluding hydrogens is 463 g/mol. The first-order chi connectivity index (χ1) is 12.0. The Labute approximate surface area is 175 Å². The van der Waals surface area contributed by atoms with Gasteiger partial charge < -0.3 is 20.3 Å². The number of aryl methyl sites for hydroxylation is 2. The zero-order chi connectivity index (χ0) is 17.9. The molecule has 3 heterocycles. The van der Waals surface area contributed by atoms with Gasteiger partial charge in [-0.25, -0.2) is 0 Å². The Morgan fingerprint density at radius 2 is 2.27 bits per heavy atom. The van der Waals surface area contributed by atoms with E-state index in [0.29, 0.717) is 18.4 Å². The number of guanidine groups is 1. The molecule has 0 bridgehead atoms. The summed E-state index contributed by atoms with van der Waals surface area (Å²) in [5.74, 6) is 3.29. The number of rotatable bonds is 5. The number of thiophene rings is 1. The van der Waals surface area contributed by atoms with E-state index < -0.39 is 5.60 Å². The van der Waals surface area contributed by atoms with E-state index in [9.17, 15) is 5.11 Å². The summed E-state index contributed by atoms with van der Waals surface area (Å²) in [7, 11) is 1.75. The van der Waals surface area contributed by atoms with Crippen molar-refractivity contribution < 1.29 is 5.11 Å². The summed E-state index contributed by atoms with van der Waals surface area (Å²) >= 11 is 1.56. The van der Waals surface area contributed by atoms with E-state index in [1.807, 2.05) is 31.4 Å². The minimum Gasteiger partial charge on any atom is -0.383 e. The Balaban J connectivity index is 0.00000243. The molecule has 0 aliphatic carbocycles. The van der Waals surface area contributed by atoms with E-state index >= 15 is 0 Å². The largest absolute Gasteiger partial charge is 0.383 e. The number of nitrogens with one attached hydrogen (secondary N) is 2. The lowest BCUT2D eigenvalue weighted by atomic mass is 9.99. The molecule has 3 rings (SSSR count). The van der Waals surface area contributed by atoms with Gasteiger partial charge in [-0.05, 0) is 37.6 Å². The molecule has 0 spiro atoms. The topological polar surface area (TPSA) is 87.4 Å². The van der Waals surface area contributed by atoms with E-state index in [4.69, 9.17) is 0 Å². The van der Waals surface area contributed by atoms with Crippen molar-refractivity contribution in [2.24, 2.45) is 10.9 Å². The highest BCUT2D eigenvalue weighted by Gasteiger charge is 2.25. The standard InChI is InChI=1S/C17H26N6OS.HI/c1-12-21-22-15-7-6-13(10-23(12)15)9-19-16(18-3)20-11-17(2,24)14-5-4-8-25-14;/h4-5,8,13,24H,6-7,9-11H2,1-3H3,(H2,18,19,20);1H. The Morgan fingerprint density at radius 1 is 1.46 bits per heavy atom. The molecular formula is C17H27IN6OS. The number of aliphatic hydroxyl groups is 1. The van der Waals surface area contributed by atoms with Crippen LogP contribution in [-0.2, 0) is 18.6 Å². The van der Waals surface area contributed by atoms with Crippen molar-refractivity contribution in [3.05, 3.63) is 34.0 Å². The van der Waals surface area contributed by atoms with Gasteiger partial charge in [-0.1, -0.05) is 6.07 Å². The van der Waals surface area contributed by atoms with E-state index in [2.05, 4.69) is 30.4 Å². The molecule has 144 valence electrons. The average Bonchev–Trinajstić information content (AvgIpc) is 3.26. The summed E-state index contributed by atoms with van der Waals surface area (Å²) < 4.78 is 2.20. The highest BCUT2D eigenvalue weighted by molar-refractivity contribution is 14.0. The molecule has 7 nitrogen and oxygen atoms in total. The van der Waals surface area contributed by atoms with Crippen LogP contribution >= 0.6 is 35.3 Å². The first-order valence-electron chi connectivity index (χ1n) is 8.59. The van der Waals surface area contributed by atoms with Crippen molar-refractivity contribution in [1.82, 2.24) is 25.4 Å². The van der Waals surface area contributed by atoms with Gasteiger partial charge in [0.2, 0.25) is 0 Å². The quantitative estimate of drug-likeness (QED) is 0.339. The third-order valence-electron chi connectivity index (χ3n) is 4.66. The molecule has 2 unspecified atom stereocenters. The van der Waals surface area contributed by atoms with Crippen LogP contribution in [0, 0.1) is 12.8 Å². The SMILES string of the molecule is CN=C(NCC1CCc2nnc(C)n2C1)NCC(C)(O)c1cccs1.I. The maximum absolute atomic E-state index is 10.6. The fourth-order valence-electron chi connectivity index (χ4n) is 3.09. The van der Waals surface area contributed by atoms with Gasteiger partial charge in [-0.15, -0.1) is 45.5 Å². The van der Waals surface area contributed by atoms with E-state index in [1.54, 1.807) is 18.4 Å².